The van der Waals surface area contributed by atoms with E-state index >= 15 is 0 Å². The van der Waals surface area contributed by atoms with Crippen molar-refractivity contribution in [2.45, 2.75) is 19.3 Å². The van der Waals surface area contributed by atoms with Crippen molar-refractivity contribution in [3.8, 4) is 17.3 Å². The Kier molecular flexibility index (Phi) is 7.18. The molecule has 0 spiro atoms. The number of aliphatic hydroxyl groups is 1. The highest BCUT2D eigenvalue weighted by molar-refractivity contribution is 9.10. The number of nitriles is 1. The van der Waals surface area contributed by atoms with E-state index in [1.807, 2.05) is 29.6 Å². The summed E-state index contributed by atoms with van der Waals surface area (Å²) in [6.07, 6.45) is 3.32. The van der Waals surface area contributed by atoms with Crippen LogP contribution in [-0.2, 0) is 6.42 Å². The van der Waals surface area contributed by atoms with Crippen molar-refractivity contribution in [2.75, 3.05) is 19.6 Å². The number of allylic oxidation sites excluding steroid dienone is 1. The van der Waals surface area contributed by atoms with Crippen LogP contribution in [-0.4, -0.2) is 34.6 Å². The van der Waals surface area contributed by atoms with Gasteiger partial charge in [0.25, 0.3) is 0 Å². The number of aliphatic hydroxyl groups excluding tert-OH is 1. The number of thiazole rings is 1. The number of nitrogens with zero attached hydrogens (tertiary/aromatic N) is 3. The zero-order chi connectivity index (χ0) is 21.6. The van der Waals surface area contributed by atoms with E-state index in [-0.39, 0.29) is 11.3 Å². The number of benzene rings is 2. The van der Waals surface area contributed by atoms with Crippen LogP contribution in [0.15, 0.2) is 70.2 Å². The van der Waals surface area contributed by atoms with Crippen LogP contribution < -0.4 is 0 Å². The largest absolute Gasteiger partial charge is 0.509 e. The zero-order valence-electron chi connectivity index (χ0n) is 17.2. The second kappa shape index (κ2) is 10.2. The first-order chi connectivity index (χ1) is 15.1. The number of hydrogen-bond acceptors (Lipinski definition) is 5. The standard InChI is InChI=1S/C25H24BrN3OS/c26-21-8-6-20(7-9-21)23-17-31-25(28-23)22(15-27)24(30)16-29-12-10-19(11-13-29)14-18-4-2-1-3-5-18/h1-9,17,19,30H,10-14,16H2. The topological polar surface area (TPSA) is 60.1 Å². The van der Waals surface area contributed by atoms with Gasteiger partial charge in [0.05, 0.1) is 12.2 Å². The summed E-state index contributed by atoms with van der Waals surface area (Å²) in [4.78, 5) is 6.83. The molecular weight excluding hydrogens is 470 g/mol. The molecule has 0 amide bonds. The number of aromatic nitrogens is 1. The van der Waals surface area contributed by atoms with Gasteiger partial charge in [0.2, 0.25) is 0 Å². The molecule has 2 aromatic carbocycles. The second-order valence-electron chi connectivity index (χ2n) is 7.89. The van der Waals surface area contributed by atoms with Gasteiger partial charge in [0.1, 0.15) is 22.4 Å². The van der Waals surface area contributed by atoms with Gasteiger partial charge in [0.15, 0.2) is 0 Å². The maximum Gasteiger partial charge on any atom is 0.138 e. The van der Waals surface area contributed by atoms with Crippen LogP contribution in [0.2, 0.25) is 0 Å². The molecule has 1 aliphatic rings. The Morgan fingerprint density at radius 1 is 1.13 bits per heavy atom. The Labute approximate surface area is 195 Å². The first-order valence-corrected chi connectivity index (χ1v) is 12.1. The zero-order valence-corrected chi connectivity index (χ0v) is 19.6. The molecule has 0 unspecified atom stereocenters. The number of halogens is 1. The minimum absolute atomic E-state index is 0.112. The van der Waals surface area contributed by atoms with Crippen LogP contribution in [0.5, 0.6) is 0 Å². The molecule has 4 rings (SSSR count). The minimum Gasteiger partial charge on any atom is -0.509 e. The van der Waals surface area contributed by atoms with E-state index in [2.05, 4.69) is 62.2 Å². The fourth-order valence-electron chi connectivity index (χ4n) is 3.96. The van der Waals surface area contributed by atoms with Crippen molar-refractivity contribution >= 4 is 32.8 Å². The van der Waals surface area contributed by atoms with Gasteiger partial charge in [-0.15, -0.1) is 11.3 Å². The van der Waals surface area contributed by atoms with Crippen LogP contribution >= 0.6 is 27.3 Å². The third kappa shape index (κ3) is 5.62. The van der Waals surface area contributed by atoms with Crippen LogP contribution in [0.3, 0.4) is 0 Å². The predicted octanol–water partition coefficient (Wildman–Crippen LogP) is 6.32. The van der Waals surface area contributed by atoms with Gasteiger partial charge in [-0.2, -0.15) is 5.26 Å². The summed E-state index contributed by atoms with van der Waals surface area (Å²) < 4.78 is 1.01. The highest BCUT2D eigenvalue weighted by Crippen LogP contribution is 2.29. The summed E-state index contributed by atoms with van der Waals surface area (Å²) in [6.45, 7) is 2.26. The lowest BCUT2D eigenvalue weighted by Gasteiger charge is -2.31. The average molecular weight is 494 g/mol. The van der Waals surface area contributed by atoms with E-state index in [1.165, 1.54) is 16.9 Å². The molecule has 0 atom stereocenters. The predicted molar refractivity (Wildman–Crippen MR) is 130 cm³/mol. The van der Waals surface area contributed by atoms with Crippen molar-refractivity contribution in [1.29, 1.82) is 5.26 Å². The fourth-order valence-corrected chi connectivity index (χ4v) is 5.07. The van der Waals surface area contributed by atoms with Crippen LogP contribution in [0, 0.1) is 17.2 Å². The van der Waals surface area contributed by atoms with Gasteiger partial charge in [-0.05, 0) is 56.0 Å². The third-order valence-corrected chi connectivity index (χ3v) is 7.09. The van der Waals surface area contributed by atoms with Crippen molar-refractivity contribution in [2.24, 2.45) is 5.92 Å². The van der Waals surface area contributed by atoms with Crippen LogP contribution in [0.1, 0.15) is 23.4 Å². The quantitative estimate of drug-likeness (QED) is 0.322. The molecule has 31 heavy (non-hydrogen) atoms. The third-order valence-electron chi connectivity index (χ3n) is 5.71. The van der Waals surface area contributed by atoms with Gasteiger partial charge >= 0.3 is 0 Å². The Morgan fingerprint density at radius 2 is 1.84 bits per heavy atom. The van der Waals surface area contributed by atoms with Crippen molar-refractivity contribution in [1.82, 2.24) is 9.88 Å². The van der Waals surface area contributed by atoms with Crippen molar-refractivity contribution < 1.29 is 5.11 Å². The molecule has 158 valence electrons. The first kappa shape index (κ1) is 21.8. The lowest BCUT2D eigenvalue weighted by atomic mass is 9.90. The summed E-state index contributed by atoms with van der Waals surface area (Å²) in [5.74, 6) is 0.786. The van der Waals surface area contributed by atoms with Crippen molar-refractivity contribution in [3.05, 3.63) is 80.8 Å². The maximum atomic E-state index is 10.7. The van der Waals surface area contributed by atoms with E-state index in [1.54, 1.807) is 0 Å². The van der Waals surface area contributed by atoms with Gasteiger partial charge in [-0.3, -0.25) is 4.90 Å². The van der Waals surface area contributed by atoms with E-state index in [0.717, 1.165) is 48.1 Å². The molecule has 1 saturated heterocycles. The van der Waals surface area contributed by atoms with Gasteiger partial charge in [-0.1, -0.05) is 58.4 Å². The summed E-state index contributed by atoms with van der Waals surface area (Å²) in [7, 11) is 0. The summed E-state index contributed by atoms with van der Waals surface area (Å²) in [5, 5.41) is 22.9. The number of rotatable bonds is 6. The van der Waals surface area contributed by atoms with Crippen LogP contribution in [0.25, 0.3) is 16.8 Å². The Bertz CT molecular complexity index is 1080. The SMILES string of the molecule is N#CC(=C(O)CN1CCC(Cc2ccccc2)CC1)c1nc(-c2ccc(Br)cc2)cs1. The maximum absolute atomic E-state index is 10.7. The molecule has 1 aliphatic heterocycles. The van der Waals surface area contributed by atoms with Gasteiger partial charge < -0.3 is 5.11 Å². The molecule has 0 saturated carbocycles. The molecule has 2 heterocycles. The number of piperidine rings is 1. The molecule has 3 aromatic rings. The molecule has 0 radical (unpaired) electrons. The molecule has 1 N–H and O–H groups in total. The van der Waals surface area contributed by atoms with Crippen LogP contribution in [0.4, 0.5) is 0 Å². The Hall–Kier alpha value is -2.46. The molecular formula is C25H24BrN3OS. The monoisotopic (exact) mass is 493 g/mol. The molecule has 4 nitrogen and oxygen atoms in total. The summed E-state index contributed by atoms with van der Waals surface area (Å²) in [5.41, 5.74) is 3.47. The van der Waals surface area contributed by atoms with Crippen molar-refractivity contribution in [3.63, 3.8) is 0 Å². The molecule has 0 bridgehead atoms. The lowest BCUT2D eigenvalue weighted by molar-refractivity contribution is 0.177. The highest BCUT2D eigenvalue weighted by Gasteiger charge is 2.22. The smallest absolute Gasteiger partial charge is 0.138 e. The average Bonchev–Trinajstić information content (AvgIpc) is 3.26. The van der Waals surface area contributed by atoms with E-state index < -0.39 is 0 Å². The highest BCUT2D eigenvalue weighted by atomic mass is 79.9. The summed E-state index contributed by atoms with van der Waals surface area (Å²) >= 11 is 4.83. The molecule has 6 heteroatoms. The fraction of sp³-hybridized carbons (Fsp3) is 0.280. The first-order valence-electron chi connectivity index (χ1n) is 10.4. The van der Waals surface area contributed by atoms with E-state index in [4.69, 9.17) is 0 Å². The lowest BCUT2D eigenvalue weighted by Crippen LogP contribution is -2.35. The minimum atomic E-state index is 0.112. The van der Waals surface area contributed by atoms with E-state index in [9.17, 15) is 10.4 Å². The molecule has 1 fully saturated rings. The molecule has 0 aliphatic carbocycles. The van der Waals surface area contributed by atoms with E-state index in [0.29, 0.717) is 17.5 Å². The normalized spacial score (nSPS) is 16.0. The Balaban J connectivity index is 1.38. The van der Waals surface area contributed by atoms with Gasteiger partial charge in [0, 0.05) is 15.4 Å². The summed E-state index contributed by atoms with van der Waals surface area (Å²) in [6, 6.07) is 20.7. The number of likely N-dealkylation sites (tertiary alicyclic amines) is 1. The van der Waals surface area contributed by atoms with Gasteiger partial charge in [-0.25, -0.2) is 4.98 Å². The Morgan fingerprint density at radius 3 is 2.52 bits per heavy atom. The molecule has 1 aromatic heterocycles. The number of hydrogen-bond donors (Lipinski definition) is 1. The second-order valence-corrected chi connectivity index (χ2v) is 9.66.